The van der Waals surface area contributed by atoms with Gasteiger partial charge in [0.25, 0.3) is 5.56 Å². The molecule has 0 amide bonds. The van der Waals surface area contributed by atoms with E-state index in [2.05, 4.69) is 4.99 Å². The molecule has 4 rings (SSSR count). The van der Waals surface area contributed by atoms with Crippen molar-refractivity contribution < 1.29 is 5.11 Å². The third-order valence-electron chi connectivity index (χ3n) is 4.76. The summed E-state index contributed by atoms with van der Waals surface area (Å²) < 4.78 is 3.12. The van der Waals surface area contributed by atoms with Crippen LogP contribution in [0.3, 0.4) is 0 Å². The summed E-state index contributed by atoms with van der Waals surface area (Å²) in [5.41, 5.74) is 1.03. The average Bonchev–Trinajstić information content (AvgIpc) is 2.90. The van der Waals surface area contributed by atoms with Crippen LogP contribution < -0.4 is 16.3 Å². The second-order valence-electron chi connectivity index (χ2n) is 6.43. The van der Waals surface area contributed by atoms with Crippen molar-refractivity contribution in [3.05, 3.63) is 91.2 Å². The fourth-order valence-corrected chi connectivity index (χ4v) is 3.44. The molecule has 0 aliphatic rings. The molecule has 4 aromatic rings. The first-order chi connectivity index (χ1) is 13.4. The lowest BCUT2D eigenvalue weighted by molar-refractivity contribution is 0.463. The van der Waals surface area contributed by atoms with Gasteiger partial charge in [0, 0.05) is 17.8 Å². The van der Waals surface area contributed by atoms with Gasteiger partial charge in [-0.3, -0.25) is 14.3 Å². The largest absolute Gasteiger partial charge is 0.505 e. The summed E-state index contributed by atoms with van der Waals surface area (Å²) in [5, 5.41) is 10.9. The predicted molar refractivity (Wildman–Crippen MR) is 108 cm³/mol. The Morgan fingerprint density at radius 3 is 2.36 bits per heavy atom. The van der Waals surface area contributed by atoms with E-state index < -0.39 is 5.43 Å². The Morgan fingerprint density at radius 2 is 1.71 bits per heavy atom. The van der Waals surface area contributed by atoms with Crippen molar-refractivity contribution in [3.63, 3.8) is 0 Å². The predicted octanol–water partition coefficient (Wildman–Crippen LogP) is 2.98. The summed E-state index contributed by atoms with van der Waals surface area (Å²) in [6.07, 6.45) is 0. The zero-order valence-electron chi connectivity index (χ0n) is 15.2. The number of nitrogens with zero attached hydrogens (tertiary/aromatic N) is 3. The minimum atomic E-state index is -0.469. The van der Waals surface area contributed by atoms with E-state index in [0.717, 1.165) is 0 Å². The van der Waals surface area contributed by atoms with Gasteiger partial charge in [-0.25, -0.2) is 9.67 Å². The quantitative estimate of drug-likeness (QED) is 0.581. The van der Waals surface area contributed by atoms with Gasteiger partial charge < -0.3 is 5.11 Å². The number of para-hydroxylation sites is 1. The van der Waals surface area contributed by atoms with Crippen molar-refractivity contribution in [2.45, 2.75) is 6.92 Å². The Morgan fingerprint density at radius 1 is 1.00 bits per heavy atom. The van der Waals surface area contributed by atoms with Crippen molar-refractivity contribution in [2.75, 3.05) is 0 Å². The number of hydrogen-bond donors (Lipinski definition) is 1. The molecule has 0 saturated carbocycles. The fourth-order valence-electron chi connectivity index (χ4n) is 3.26. The van der Waals surface area contributed by atoms with Crippen molar-refractivity contribution in [2.24, 2.45) is 12.0 Å². The molecule has 6 nitrogen and oxygen atoms in total. The van der Waals surface area contributed by atoms with Gasteiger partial charge in [0.15, 0.2) is 11.1 Å². The van der Waals surface area contributed by atoms with Crippen LogP contribution in [0.2, 0.25) is 5.02 Å². The molecule has 3 aromatic carbocycles. The highest BCUT2D eigenvalue weighted by Gasteiger charge is 2.28. The van der Waals surface area contributed by atoms with Crippen LogP contribution in [0.4, 0.5) is 5.69 Å². The van der Waals surface area contributed by atoms with Gasteiger partial charge in [-0.2, -0.15) is 0 Å². The zero-order chi connectivity index (χ0) is 20.0. The first kappa shape index (κ1) is 18.0. The van der Waals surface area contributed by atoms with E-state index >= 15 is 0 Å². The topological polar surface area (TPSA) is 76.6 Å². The van der Waals surface area contributed by atoms with Crippen LogP contribution in [0.1, 0.15) is 5.69 Å². The van der Waals surface area contributed by atoms with Gasteiger partial charge in [0.05, 0.1) is 22.5 Å². The van der Waals surface area contributed by atoms with Gasteiger partial charge in [-0.1, -0.05) is 35.9 Å². The maximum Gasteiger partial charge on any atom is 0.279 e. The monoisotopic (exact) mass is 393 g/mol. The fraction of sp³-hybridized carbons (Fsp3) is 0.0952. The Kier molecular flexibility index (Phi) is 4.28. The summed E-state index contributed by atoms with van der Waals surface area (Å²) in [7, 11) is 1.73. The lowest BCUT2D eigenvalue weighted by atomic mass is 10.00. The molecule has 1 heterocycles. The highest BCUT2D eigenvalue weighted by atomic mass is 35.5. The molecular weight excluding hydrogens is 378 g/mol. The van der Waals surface area contributed by atoms with Crippen LogP contribution in [0, 0.1) is 6.92 Å². The van der Waals surface area contributed by atoms with Gasteiger partial charge in [-0.05, 0) is 37.3 Å². The smallest absolute Gasteiger partial charge is 0.279 e. The third-order valence-corrected chi connectivity index (χ3v) is 4.99. The van der Waals surface area contributed by atoms with Crippen LogP contribution in [0.5, 0.6) is 5.75 Å². The number of aromatic nitrogens is 2. The van der Waals surface area contributed by atoms with E-state index in [1.54, 1.807) is 55.1 Å². The molecule has 0 spiro atoms. The SMILES string of the molecule is Cc1c(-c2c(O)c(=Nc3cccc(Cl)c3)c2=O)c(=O)n(-c2ccccc2)n1C. The number of halogens is 1. The van der Waals surface area contributed by atoms with E-state index in [0.29, 0.717) is 22.1 Å². The Labute approximate surface area is 164 Å². The summed E-state index contributed by atoms with van der Waals surface area (Å²) in [6, 6.07) is 15.8. The molecule has 0 saturated heterocycles. The average molecular weight is 394 g/mol. The molecule has 140 valence electrons. The summed E-state index contributed by atoms with van der Waals surface area (Å²) in [6.45, 7) is 1.73. The molecule has 28 heavy (non-hydrogen) atoms. The Bertz CT molecular complexity index is 1340. The van der Waals surface area contributed by atoms with Gasteiger partial charge in [0.1, 0.15) is 0 Å². The first-order valence-electron chi connectivity index (χ1n) is 8.57. The molecule has 0 atom stereocenters. The van der Waals surface area contributed by atoms with E-state index in [4.69, 9.17) is 11.6 Å². The molecule has 0 aliphatic heterocycles. The summed E-state index contributed by atoms with van der Waals surface area (Å²) >= 11 is 5.93. The molecule has 1 aromatic heterocycles. The maximum absolute atomic E-state index is 13.0. The van der Waals surface area contributed by atoms with E-state index in [1.165, 1.54) is 4.68 Å². The minimum Gasteiger partial charge on any atom is -0.505 e. The molecule has 0 bridgehead atoms. The third kappa shape index (κ3) is 2.70. The number of hydrogen-bond acceptors (Lipinski definition) is 4. The number of benzene rings is 2. The van der Waals surface area contributed by atoms with Crippen molar-refractivity contribution in [3.8, 4) is 22.6 Å². The van der Waals surface area contributed by atoms with Crippen LogP contribution in [0.25, 0.3) is 16.8 Å². The summed E-state index contributed by atoms with van der Waals surface area (Å²) in [4.78, 5) is 29.9. The molecular formula is C21H16ClN3O3. The standard InChI is InChI=1S/C21H16ClN3O3/c1-12-16(21(28)25(24(12)2)15-9-4-3-5-10-15)17-19(26)18(20(17)27)23-14-8-6-7-13(22)11-14/h3-11,26H,1-2H3. The Hall–Kier alpha value is -3.38. The second-order valence-corrected chi connectivity index (χ2v) is 6.87. The molecule has 0 aliphatic carbocycles. The summed E-state index contributed by atoms with van der Waals surface area (Å²) in [5.74, 6) is -0.281. The van der Waals surface area contributed by atoms with Crippen LogP contribution in [-0.4, -0.2) is 14.5 Å². The van der Waals surface area contributed by atoms with Crippen molar-refractivity contribution in [1.82, 2.24) is 9.36 Å². The van der Waals surface area contributed by atoms with Crippen molar-refractivity contribution >= 4 is 17.3 Å². The maximum atomic E-state index is 13.0. The van der Waals surface area contributed by atoms with Crippen LogP contribution in [-0.2, 0) is 7.05 Å². The zero-order valence-corrected chi connectivity index (χ0v) is 15.9. The molecule has 0 fully saturated rings. The molecule has 7 heteroatoms. The number of rotatable bonds is 3. The molecule has 0 radical (unpaired) electrons. The lowest BCUT2D eigenvalue weighted by Crippen LogP contribution is -2.35. The van der Waals surface area contributed by atoms with E-state index in [9.17, 15) is 14.7 Å². The van der Waals surface area contributed by atoms with Gasteiger partial charge in [0.2, 0.25) is 5.43 Å². The molecule has 0 unspecified atom stereocenters. The highest BCUT2D eigenvalue weighted by molar-refractivity contribution is 6.30. The second kappa shape index (κ2) is 6.65. The lowest BCUT2D eigenvalue weighted by Gasteiger charge is -2.08. The first-order valence-corrected chi connectivity index (χ1v) is 8.95. The van der Waals surface area contributed by atoms with Crippen LogP contribution >= 0.6 is 11.6 Å². The van der Waals surface area contributed by atoms with Gasteiger partial charge >= 0.3 is 0 Å². The van der Waals surface area contributed by atoms with Gasteiger partial charge in [-0.15, -0.1) is 0 Å². The highest BCUT2D eigenvalue weighted by Crippen LogP contribution is 2.27. The van der Waals surface area contributed by atoms with Crippen LogP contribution in [0.15, 0.2) is 69.2 Å². The van der Waals surface area contributed by atoms with Crippen molar-refractivity contribution in [1.29, 1.82) is 0 Å². The van der Waals surface area contributed by atoms with E-state index in [-0.39, 0.29) is 27.8 Å². The normalized spacial score (nSPS) is 12.0. The minimum absolute atomic E-state index is 0.00596. The number of aromatic hydroxyl groups is 1. The molecule has 1 N–H and O–H groups in total. The van der Waals surface area contributed by atoms with E-state index in [1.807, 2.05) is 18.2 Å². The Balaban J connectivity index is 1.89.